The molecule has 0 bridgehead atoms. The molecule has 0 unspecified atom stereocenters. The number of likely N-dealkylation sites (tertiary alicyclic amines) is 1. The van der Waals surface area contributed by atoms with Crippen molar-refractivity contribution in [1.29, 1.82) is 0 Å². The van der Waals surface area contributed by atoms with Crippen molar-refractivity contribution in [3.05, 3.63) is 60.0 Å². The third-order valence-electron chi connectivity index (χ3n) is 5.04. The number of fused-ring (bicyclic) bond motifs is 1. The maximum atomic E-state index is 4.29. The number of hydrogen-bond donors (Lipinski definition) is 2. The van der Waals surface area contributed by atoms with E-state index < -0.39 is 0 Å². The lowest BCUT2D eigenvalue weighted by Gasteiger charge is -2.25. The van der Waals surface area contributed by atoms with Gasteiger partial charge >= 0.3 is 0 Å². The Morgan fingerprint density at radius 3 is 3.12 bits per heavy atom. The van der Waals surface area contributed by atoms with Crippen molar-refractivity contribution in [1.82, 2.24) is 25.4 Å². The van der Waals surface area contributed by atoms with Crippen LogP contribution >= 0.6 is 0 Å². The van der Waals surface area contributed by atoms with E-state index in [9.17, 15) is 0 Å². The van der Waals surface area contributed by atoms with Gasteiger partial charge in [0, 0.05) is 36.9 Å². The first-order valence-corrected chi connectivity index (χ1v) is 8.54. The van der Waals surface area contributed by atoms with E-state index >= 15 is 0 Å². The lowest BCUT2D eigenvalue weighted by atomic mass is 9.94. The zero-order valence-electron chi connectivity index (χ0n) is 13.9. The smallest absolute Gasteiger partial charge is 0.0653 e. The van der Waals surface area contributed by atoms with Gasteiger partial charge in [0.15, 0.2) is 0 Å². The number of pyridine rings is 1. The third-order valence-corrected chi connectivity index (χ3v) is 5.04. The van der Waals surface area contributed by atoms with E-state index in [0.29, 0.717) is 12.0 Å². The van der Waals surface area contributed by atoms with Crippen LogP contribution in [0, 0.1) is 5.92 Å². The van der Waals surface area contributed by atoms with Crippen LogP contribution in [-0.4, -0.2) is 40.2 Å². The molecule has 3 aromatic rings. The fourth-order valence-electron chi connectivity index (χ4n) is 3.81. The van der Waals surface area contributed by atoms with Gasteiger partial charge < -0.3 is 5.32 Å². The van der Waals surface area contributed by atoms with Gasteiger partial charge in [-0.05, 0) is 49.2 Å². The summed E-state index contributed by atoms with van der Waals surface area (Å²) in [5.41, 5.74) is 3.71. The molecule has 1 saturated heterocycles. The summed E-state index contributed by atoms with van der Waals surface area (Å²) in [7, 11) is 2.21. The highest BCUT2D eigenvalue weighted by molar-refractivity contribution is 5.78. The van der Waals surface area contributed by atoms with Crippen molar-refractivity contribution in [3.63, 3.8) is 0 Å². The summed E-state index contributed by atoms with van der Waals surface area (Å²) < 4.78 is 0. The molecule has 2 N–H and O–H groups in total. The minimum Gasteiger partial charge on any atom is -0.312 e. The summed E-state index contributed by atoms with van der Waals surface area (Å²) in [5, 5.41) is 11.9. The molecule has 1 aromatic carbocycles. The van der Waals surface area contributed by atoms with Crippen LogP contribution in [0.25, 0.3) is 10.9 Å². The Balaban J connectivity index is 1.39. The fraction of sp³-hybridized carbons (Fsp3) is 0.368. The highest BCUT2D eigenvalue weighted by Crippen LogP contribution is 2.35. The van der Waals surface area contributed by atoms with Gasteiger partial charge in [-0.1, -0.05) is 18.2 Å². The second kappa shape index (κ2) is 6.71. The Hall–Kier alpha value is -2.24. The van der Waals surface area contributed by atoms with Gasteiger partial charge in [-0.2, -0.15) is 5.10 Å². The van der Waals surface area contributed by atoms with E-state index in [-0.39, 0.29) is 0 Å². The number of aromatic amines is 1. The van der Waals surface area contributed by atoms with Gasteiger partial charge in [0.2, 0.25) is 0 Å². The maximum Gasteiger partial charge on any atom is 0.0653 e. The van der Waals surface area contributed by atoms with Gasteiger partial charge in [-0.25, -0.2) is 0 Å². The molecule has 124 valence electrons. The van der Waals surface area contributed by atoms with Gasteiger partial charge in [-0.15, -0.1) is 0 Å². The van der Waals surface area contributed by atoms with Crippen molar-refractivity contribution >= 4 is 10.9 Å². The molecule has 0 amide bonds. The highest BCUT2D eigenvalue weighted by Gasteiger charge is 2.32. The Kier molecular flexibility index (Phi) is 4.28. The second-order valence-electron chi connectivity index (χ2n) is 6.68. The first kappa shape index (κ1) is 15.3. The molecule has 0 aliphatic carbocycles. The average molecular weight is 321 g/mol. The standard InChI is InChI=1S/C19H23N5/c1-24-8-6-17(19(24)16-3-2-7-20-11-16)12-21-10-14-4-5-15-13-22-23-18(15)9-14/h2-5,7,9,11,13,17,19,21H,6,8,10,12H2,1H3,(H,22,23)/t17-,19-/m0/s1. The number of hydrogen-bond acceptors (Lipinski definition) is 4. The number of nitrogens with zero attached hydrogens (tertiary/aromatic N) is 3. The molecule has 4 rings (SSSR count). The molecule has 24 heavy (non-hydrogen) atoms. The van der Waals surface area contributed by atoms with Crippen LogP contribution in [0.2, 0.25) is 0 Å². The second-order valence-corrected chi connectivity index (χ2v) is 6.68. The molecule has 0 radical (unpaired) electrons. The van der Waals surface area contributed by atoms with Crippen molar-refractivity contribution in [2.45, 2.75) is 19.0 Å². The third kappa shape index (κ3) is 3.05. The SMILES string of the molecule is CN1CC[C@@H](CNCc2ccc3cn[nH]c3c2)[C@@H]1c1cccnc1. The summed E-state index contributed by atoms with van der Waals surface area (Å²) in [5.74, 6) is 0.620. The van der Waals surface area contributed by atoms with Crippen LogP contribution in [0.5, 0.6) is 0 Å². The van der Waals surface area contributed by atoms with Crippen LogP contribution in [0.15, 0.2) is 48.9 Å². The number of benzene rings is 1. The Morgan fingerprint density at radius 1 is 1.29 bits per heavy atom. The van der Waals surface area contributed by atoms with E-state index in [1.54, 1.807) is 0 Å². The minimum atomic E-state index is 0.460. The van der Waals surface area contributed by atoms with Crippen LogP contribution < -0.4 is 5.32 Å². The average Bonchev–Trinajstić information content (AvgIpc) is 3.22. The first-order chi connectivity index (χ1) is 11.8. The van der Waals surface area contributed by atoms with Crippen molar-refractivity contribution in [2.24, 2.45) is 5.92 Å². The fourth-order valence-corrected chi connectivity index (χ4v) is 3.81. The predicted molar refractivity (Wildman–Crippen MR) is 95.5 cm³/mol. The Morgan fingerprint density at radius 2 is 2.25 bits per heavy atom. The van der Waals surface area contributed by atoms with Crippen molar-refractivity contribution < 1.29 is 0 Å². The molecule has 3 heterocycles. The molecule has 5 heteroatoms. The number of nitrogens with one attached hydrogen (secondary N) is 2. The van der Waals surface area contributed by atoms with E-state index in [1.807, 2.05) is 24.7 Å². The molecule has 1 aliphatic heterocycles. The summed E-state index contributed by atoms with van der Waals surface area (Å²) >= 11 is 0. The van der Waals surface area contributed by atoms with Gasteiger partial charge in [-0.3, -0.25) is 15.0 Å². The molecule has 2 atom stereocenters. The topological polar surface area (TPSA) is 56.8 Å². The Bertz CT molecular complexity index is 798. The van der Waals surface area contributed by atoms with E-state index in [4.69, 9.17) is 0 Å². The number of aromatic nitrogens is 3. The zero-order valence-corrected chi connectivity index (χ0v) is 13.9. The van der Waals surface area contributed by atoms with Gasteiger partial charge in [0.1, 0.15) is 0 Å². The molecule has 0 spiro atoms. The Labute approximate surface area is 142 Å². The normalized spacial score (nSPS) is 21.5. The first-order valence-electron chi connectivity index (χ1n) is 8.54. The quantitative estimate of drug-likeness (QED) is 0.759. The van der Waals surface area contributed by atoms with E-state index in [2.05, 4.69) is 56.7 Å². The highest BCUT2D eigenvalue weighted by atomic mass is 15.2. The monoisotopic (exact) mass is 321 g/mol. The van der Waals surface area contributed by atoms with Crippen LogP contribution in [0.3, 0.4) is 0 Å². The molecule has 1 aliphatic rings. The molecule has 0 saturated carbocycles. The number of H-pyrrole nitrogens is 1. The summed E-state index contributed by atoms with van der Waals surface area (Å²) in [4.78, 5) is 6.74. The zero-order chi connectivity index (χ0) is 16.4. The van der Waals surface area contributed by atoms with Crippen LogP contribution in [0.4, 0.5) is 0 Å². The summed E-state index contributed by atoms with van der Waals surface area (Å²) in [6.45, 7) is 3.05. The minimum absolute atomic E-state index is 0.460. The summed E-state index contributed by atoms with van der Waals surface area (Å²) in [6.07, 6.45) is 6.94. The predicted octanol–water partition coefficient (Wildman–Crippen LogP) is 2.74. The number of rotatable bonds is 5. The summed E-state index contributed by atoms with van der Waals surface area (Å²) in [6, 6.07) is 11.2. The van der Waals surface area contributed by atoms with Gasteiger partial charge in [0.25, 0.3) is 0 Å². The largest absolute Gasteiger partial charge is 0.312 e. The maximum absolute atomic E-state index is 4.29. The van der Waals surface area contributed by atoms with E-state index in [1.165, 1.54) is 17.5 Å². The molecule has 1 fully saturated rings. The van der Waals surface area contributed by atoms with Crippen molar-refractivity contribution in [3.8, 4) is 0 Å². The molecular weight excluding hydrogens is 298 g/mol. The van der Waals surface area contributed by atoms with Crippen LogP contribution in [-0.2, 0) is 6.54 Å². The van der Waals surface area contributed by atoms with E-state index in [0.717, 1.165) is 30.5 Å². The molecule has 5 nitrogen and oxygen atoms in total. The lowest BCUT2D eigenvalue weighted by Crippen LogP contribution is -2.28. The lowest BCUT2D eigenvalue weighted by molar-refractivity contribution is 0.271. The van der Waals surface area contributed by atoms with Crippen LogP contribution in [0.1, 0.15) is 23.6 Å². The molecular formula is C19H23N5. The van der Waals surface area contributed by atoms with Crippen molar-refractivity contribution in [2.75, 3.05) is 20.1 Å². The molecule has 2 aromatic heterocycles. The van der Waals surface area contributed by atoms with Gasteiger partial charge in [0.05, 0.1) is 11.7 Å².